The van der Waals surface area contributed by atoms with Crippen molar-refractivity contribution in [2.75, 3.05) is 0 Å². The van der Waals surface area contributed by atoms with Crippen molar-refractivity contribution in [1.29, 1.82) is 0 Å². The molecule has 0 saturated carbocycles. The summed E-state index contributed by atoms with van der Waals surface area (Å²) in [6.45, 7) is 0. The Bertz CT molecular complexity index is 1020. The summed E-state index contributed by atoms with van der Waals surface area (Å²) in [4.78, 5) is 19.4. The molecule has 2 aromatic rings. The van der Waals surface area contributed by atoms with E-state index in [9.17, 15) is 40.5 Å². The van der Waals surface area contributed by atoms with Crippen molar-refractivity contribution in [3.05, 3.63) is 59.7 Å². The van der Waals surface area contributed by atoms with Gasteiger partial charge in [-0.05, 0) is 55.2 Å². The third-order valence-corrected chi connectivity index (χ3v) is 7.31. The first-order chi connectivity index (χ1) is 13.3. The van der Waals surface area contributed by atoms with Crippen molar-refractivity contribution in [2.24, 2.45) is 0 Å². The summed E-state index contributed by atoms with van der Waals surface area (Å²) in [5, 5.41) is 0. The number of alkyl halides is 3. The molecular formula is C17H15F3K3O7PS. The number of hydrogen-bond acceptors (Lipinski definition) is 7. The molecule has 0 amide bonds. The molecule has 32 heavy (non-hydrogen) atoms. The number of halogens is 3. The third kappa shape index (κ3) is 13.0. The molecule has 0 bridgehead atoms. The molecule has 160 valence electrons. The zero-order chi connectivity index (χ0) is 21.9. The SMILES string of the molecule is O=P([O-])([O-])C(CCCc1cccc(Oc2cccc(C(F)(F)F)c2)c1)S(=O)(=O)[O-].[K+].[K+].[K+]. The van der Waals surface area contributed by atoms with E-state index in [1.807, 2.05) is 0 Å². The molecular weight excluding hydrogens is 554 g/mol. The van der Waals surface area contributed by atoms with Crippen LogP contribution in [0.1, 0.15) is 24.0 Å². The fourth-order valence-electron chi connectivity index (χ4n) is 2.58. The summed E-state index contributed by atoms with van der Waals surface area (Å²) >= 11 is 0. The van der Waals surface area contributed by atoms with E-state index in [1.54, 1.807) is 6.07 Å². The predicted octanol–water partition coefficient (Wildman–Crippen LogP) is -6.38. The van der Waals surface area contributed by atoms with E-state index in [0.29, 0.717) is 5.56 Å². The first-order valence-corrected chi connectivity index (χ1v) is 11.3. The maximum atomic E-state index is 12.8. The van der Waals surface area contributed by atoms with Crippen molar-refractivity contribution < 1.29 is 199 Å². The van der Waals surface area contributed by atoms with E-state index in [4.69, 9.17) is 4.74 Å². The van der Waals surface area contributed by atoms with Gasteiger partial charge in [0.25, 0.3) is 0 Å². The van der Waals surface area contributed by atoms with Crippen LogP contribution in [0, 0.1) is 0 Å². The molecule has 0 spiro atoms. The molecule has 0 N–H and O–H groups in total. The molecule has 0 aromatic heterocycles. The molecule has 15 heteroatoms. The molecule has 0 aliphatic heterocycles. The van der Waals surface area contributed by atoms with Gasteiger partial charge in [-0.25, -0.2) is 8.42 Å². The van der Waals surface area contributed by atoms with Gasteiger partial charge in [-0.15, -0.1) is 0 Å². The maximum absolute atomic E-state index is 12.8. The normalized spacial score (nSPS) is 12.6. The summed E-state index contributed by atoms with van der Waals surface area (Å²) in [5.74, 6) is 0.154. The maximum Gasteiger partial charge on any atom is 1.00 e. The van der Waals surface area contributed by atoms with Crippen LogP contribution in [0.2, 0.25) is 0 Å². The second-order valence-electron chi connectivity index (χ2n) is 6.15. The van der Waals surface area contributed by atoms with Gasteiger partial charge in [0.05, 0.1) is 10.6 Å². The summed E-state index contributed by atoms with van der Waals surface area (Å²) in [5.41, 5.74) is -0.334. The Morgan fingerprint density at radius 1 is 0.969 bits per heavy atom. The van der Waals surface area contributed by atoms with Gasteiger partial charge in [0.1, 0.15) is 21.6 Å². The Morgan fingerprint density at radius 3 is 2.00 bits per heavy atom. The van der Waals surface area contributed by atoms with E-state index in [0.717, 1.165) is 12.1 Å². The minimum atomic E-state index is -5.61. The first-order valence-electron chi connectivity index (χ1n) is 8.17. The van der Waals surface area contributed by atoms with E-state index in [2.05, 4.69) is 0 Å². The molecule has 0 radical (unpaired) electrons. The molecule has 0 fully saturated rings. The van der Waals surface area contributed by atoms with Crippen LogP contribution in [-0.4, -0.2) is 18.0 Å². The second kappa shape index (κ2) is 16.1. The molecule has 7 nitrogen and oxygen atoms in total. The second-order valence-corrected chi connectivity index (χ2v) is 9.76. The first kappa shape index (κ1) is 37.2. The Balaban J connectivity index is 0. The fraction of sp³-hybridized carbons (Fsp3) is 0.294. The van der Waals surface area contributed by atoms with Crippen molar-refractivity contribution in [2.45, 2.75) is 30.4 Å². The van der Waals surface area contributed by atoms with E-state index in [1.165, 1.54) is 30.3 Å². The van der Waals surface area contributed by atoms with E-state index in [-0.39, 0.29) is 178 Å². The average molecular weight is 569 g/mol. The standard InChI is InChI=1S/C17H18F3O7PS.3K/c18-17(19,20)13-6-3-8-15(11-13)27-14-7-1-4-12(10-14)5-2-9-16(28(21,22)23)29(24,25)26;;;/h1,3-4,6-8,10-11,16H,2,5,9H2,(H2,21,22,23)(H,24,25,26);;;/q;3*+1/p-3. The van der Waals surface area contributed by atoms with Crippen LogP contribution >= 0.6 is 7.60 Å². The van der Waals surface area contributed by atoms with Gasteiger partial charge in [-0.3, -0.25) is 0 Å². The van der Waals surface area contributed by atoms with Gasteiger partial charge in [0, 0.05) is 0 Å². The molecule has 0 heterocycles. The van der Waals surface area contributed by atoms with Crippen molar-refractivity contribution >= 4 is 17.7 Å². The Labute approximate surface area is 311 Å². The fourth-order valence-corrected chi connectivity index (χ4v) is 4.80. The largest absolute Gasteiger partial charge is 1.00 e. The molecule has 0 aliphatic carbocycles. The Kier molecular flexibility index (Phi) is 18.7. The number of ether oxygens (including phenoxy) is 1. The predicted molar refractivity (Wildman–Crippen MR) is 92.0 cm³/mol. The number of hydrogen-bond donors (Lipinski definition) is 0. The van der Waals surface area contributed by atoms with Crippen LogP contribution in [0.3, 0.4) is 0 Å². The minimum Gasteiger partial charge on any atom is -0.810 e. The van der Waals surface area contributed by atoms with Gasteiger partial charge in [-0.1, -0.05) is 25.8 Å². The third-order valence-electron chi connectivity index (χ3n) is 3.90. The molecule has 0 aliphatic rings. The van der Waals surface area contributed by atoms with Crippen molar-refractivity contribution in [1.82, 2.24) is 0 Å². The van der Waals surface area contributed by atoms with Gasteiger partial charge < -0.3 is 23.6 Å². The summed E-state index contributed by atoms with van der Waals surface area (Å²) < 4.78 is 87.5. The van der Waals surface area contributed by atoms with Crippen LogP contribution < -0.4 is 169 Å². The van der Waals surface area contributed by atoms with Crippen LogP contribution in [-0.2, 0) is 27.3 Å². The zero-order valence-corrected chi connectivity index (χ0v) is 28.7. The summed E-state index contributed by atoms with van der Waals surface area (Å²) in [6, 6.07) is 10.3. The molecule has 1 atom stereocenters. The van der Waals surface area contributed by atoms with E-state index < -0.39 is 40.9 Å². The average Bonchev–Trinajstić information content (AvgIpc) is 2.56. The van der Waals surface area contributed by atoms with Crippen molar-refractivity contribution in [3.63, 3.8) is 0 Å². The minimum absolute atomic E-state index is 0. The molecule has 2 rings (SSSR count). The van der Waals surface area contributed by atoms with Gasteiger partial charge in [-0.2, -0.15) is 13.2 Å². The Hall–Kier alpha value is 3.00. The molecule has 2 aromatic carbocycles. The number of aryl methyl sites for hydroxylation is 1. The van der Waals surface area contributed by atoms with Crippen LogP contribution in [0.5, 0.6) is 11.5 Å². The van der Waals surface area contributed by atoms with Crippen LogP contribution in [0.25, 0.3) is 0 Å². The summed E-state index contributed by atoms with van der Waals surface area (Å²) in [7, 11) is -10.9. The quantitative estimate of drug-likeness (QED) is 0.176. The van der Waals surface area contributed by atoms with Gasteiger partial charge in [0.2, 0.25) is 0 Å². The number of rotatable bonds is 8. The van der Waals surface area contributed by atoms with Crippen LogP contribution in [0.4, 0.5) is 13.2 Å². The van der Waals surface area contributed by atoms with Crippen molar-refractivity contribution in [3.8, 4) is 11.5 Å². The molecule has 0 saturated heterocycles. The van der Waals surface area contributed by atoms with Gasteiger partial charge in [0.15, 0.2) is 0 Å². The smallest absolute Gasteiger partial charge is 0.810 e. The van der Waals surface area contributed by atoms with E-state index >= 15 is 0 Å². The Morgan fingerprint density at radius 2 is 1.50 bits per heavy atom. The van der Waals surface area contributed by atoms with Gasteiger partial charge >= 0.3 is 160 Å². The zero-order valence-electron chi connectivity index (χ0n) is 17.7. The van der Waals surface area contributed by atoms with Crippen LogP contribution in [0.15, 0.2) is 48.5 Å². The summed E-state index contributed by atoms with van der Waals surface area (Å²) in [6.07, 6.45) is -5.16. The number of benzene rings is 2. The molecule has 1 unspecified atom stereocenters. The topological polar surface area (TPSA) is 130 Å². The monoisotopic (exact) mass is 568 g/mol.